The summed E-state index contributed by atoms with van der Waals surface area (Å²) >= 11 is 0.779. The molecule has 0 saturated carbocycles. The molecule has 2 fully saturated rings. The molecule has 714 valence electrons. The molecule has 8 rings (SSSR count). The standard InChI is InChI=1S/C94H126FN17O19S/c1-9-10-25-76(93(130)112-42-19-27-75(112)88(125)102-63(52-113)48-81(119)120)108(6)92(129)77(46-57-20-12-11-13-21-57)109(7)90(127)72(45-58-28-34-62(95)35-29-58)103-80(118)54-132-53-73(84(121)101-51-79(97)117)107-85(122)68(24-18-40-96)104-86(123)69(43-59-30-36-64(114)37-31-59)105-87(124)70(47-61-49-99-67-23-15-14-22-66(61)67)106-89(126)74-26-16-17-41-111(74)91(128)71(44-60-32-38-65(115)39-33-60)100-50-78(116)83(56(4)5)110(8)94(131)82(98)55(2)3/h11-15,20-23,28-39,49,52,55-56,63,68-77,82-83,99-100,114-115H,9-10,16-19,24-27,40-48,50-51,53-54,96,98H2,1-8H3,(H2,97,117)(H,101,121)(H,102,125)(H,103,118)(H,104,123)(H,105,124)(H,106,126)(H,107,122)(H,119,120)/t63-,68-,69-,70-,71-,72-,73-,74+,75+,76-,77-,82-,83-/m0/s1. The molecule has 1 aromatic heterocycles. The lowest BCUT2D eigenvalue weighted by molar-refractivity contribution is -0.152. The van der Waals surface area contributed by atoms with Crippen LogP contribution in [-0.2, 0) is 109 Å². The highest BCUT2D eigenvalue weighted by Crippen LogP contribution is 2.28. The van der Waals surface area contributed by atoms with Gasteiger partial charge in [0.1, 0.15) is 78.0 Å². The van der Waals surface area contributed by atoms with E-state index in [0.29, 0.717) is 70.8 Å². The van der Waals surface area contributed by atoms with Gasteiger partial charge in [0.15, 0.2) is 5.78 Å². The SMILES string of the molecule is CCCC[C@@H](C(=O)N1CCC[C@@H]1C(=O)N[C@H](C=O)CC(=O)O)N(C)C(=O)[C@H](Cc1ccccc1)N(C)C(=O)[C@H](Cc1ccc(F)cc1)NC(=O)CSC[C@H](NC(=O)[C@H](CCCN)NC(=O)[C@H](Cc1ccc(O)cc1)NC(=O)[C@H](Cc1c[nH]c2ccccc12)NC(=O)[C@H]1CCCCN1C(=O)[C@H](Cc1ccc(O)cc1)NCC(=O)[C@H](C(C)C)N(C)C(=O)[C@@H](N)C(C)C)C(=O)NCC(N)=O. The molecule has 0 aliphatic carbocycles. The van der Waals surface area contributed by atoms with Crippen LogP contribution < -0.4 is 59.7 Å². The molecule has 2 aliphatic heterocycles. The molecule has 132 heavy (non-hydrogen) atoms. The maximum Gasteiger partial charge on any atom is 0.305 e. The number of hydrogen-bond acceptors (Lipinski definition) is 22. The highest BCUT2D eigenvalue weighted by Gasteiger charge is 2.45. The zero-order valence-electron chi connectivity index (χ0n) is 75.8. The van der Waals surface area contributed by atoms with E-state index in [2.05, 4.69) is 47.5 Å². The number of rotatable bonds is 51. The molecule has 13 amide bonds. The number of phenols is 2. The third-order valence-electron chi connectivity index (χ3n) is 23.7. The third-order valence-corrected chi connectivity index (χ3v) is 24.7. The molecule has 0 bridgehead atoms. The third kappa shape index (κ3) is 30.5. The number of halogens is 1. The molecular weight excluding hydrogens is 1720 g/mol. The van der Waals surface area contributed by atoms with Gasteiger partial charge in [0.25, 0.3) is 0 Å². The number of fused-ring (bicyclic) bond motifs is 1. The molecule has 6 aromatic rings. The number of carboxylic acid groups (broad SMARTS) is 1. The maximum absolute atomic E-state index is 15.5. The molecule has 36 nitrogen and oxygen atoms in total. The van der Waals surface area contributed by atoms with E-state index in [9.17, 15) is 67.7 Å². The number of aldehydes is 1. The predicted octanol–water partition coefficient (Wildman–Crippen LogP) is 2.10. The second kappa shape index (κ2) is 51.2. The van der Waals surface area contributed by atoms with Crippen LogP contribution >= 0.6 is 11.8 Å². The van der Waals surface area contributed by atoms with Crippen molar-refractivity contribution in [2.75, 3.05) is 65.4 Å². The number of aromatic hydroxyl groups is 2. The van der Waals surface area contributed by atoms with Gasteiger partial charge in [-0.05, 0) is 146 Å². The molecule has 2 saturated heterocycles. The number of carbonyl (C=O) groups excluding carboxylic acids is 15. The van der Waals surface area contributed by atoms with E-state index < -0.39 is 197 Å². The number of unbranched alkanes of at least 4 members (excludes halogenated alkanes) is 1. The van der Waals surface area contributed by atoms with Crippen molar-refractivity contribution in [3.8, 4) is 11.5 Å². The summed E-state index contributed by atoms with van der Waals surface area (Å²) in [5, 5.41) is 52.4. The molecule has 13 atom stereocenters. The number of nitrogens with one attached hydrogen (secondary N) is 9. The van der Waals surface area contributed by atoms with Crippen molar-refractivity contribution in [1.29, 1.82) is 0 Å². The molecule has 0 radical (unpaired) electrons. The molecule has 2 aliphatic rings. The van der Waals surface area contributed by atoms with E-state index in [0.717, 1.165) is 28.8 Å². The minimum absolute atomic E-state index is 0.0211. The fourth-order valence-electron chi connectivity index (χ4n) is 16.3. The number of Topliss-reactive ketones (excluding diaryl/α,β-unsaturated/α-hetero) is 1. The number of hydrogen-bond donors (Lipinski definition) is 15. The van der Waals surface area contributed by atoms with E-state index in [1.807, 2.05) is 6.92 Å². The number of thioether (sulfide) groups is 1. The van der Waals surface area contributed by atoms with Crippen LogP contribution in [0.2, 0.25) is 0 Å². The number of aromatic nitrogens is 1. The summed E-state index contributed by atoms with van der Waals surface area (Å²) in [7, 11) is 4.25. The zero-order valence-corrected chi connectivity index (χ0v) is 76.6. The Hall–Kier alpha value is -12.7. The number of para-hydroxylation sites is 1. The first-order valence-electron chi connectivity index (χ1n) is 44.6. The van der Waals surface area contributed by atoms with Gasteiger partial charge in [0.05, 0.1) is 49.4 Å². The van der Waals surface area contributed by atoms with Gasteiger partial charge in [-0.25, -0.2) is 4.39 Å². The Bertz CT molecular complexity index is 4970. The number of amides is 13. The topological polar surface area (TPSA) is 540 Å². The number of nitrogens with zero attached hydrogens (tertiary/aromatic N) is 5. The number of benzene rings is 5. The minimum atomic E-state index is -1.62. The summed E-state index contributed by atoms with van der Waals surface area (Å²) in [6, 6.07) is 15.6. The largest absolute Gasteiger partial charge is 0.508 e. The average molecular weight is 1850 g/mol. The first kappa shape index (κ1) is 105. The summed E-state index contributed by atoms with van der Waals surface area (Å²) in [5.41, 5.74) is 21.0. The number of piperidine rings is 1. The Kier molecular flexibility index (Phi) is 40.6. The summed E-state index contributed by atoms with van der Waals surface area (Å²) in [4.78, 5) is 237. The number of nitrogens with two attached hydrogens (primary N) is 3. The summed E-state index contributed by atoms with van der Waals surface area (Å²) in [6.45, 7) is 8.05. The number of phenolic OH excluding ortho intramolecular Hbond substituents is 2. The van der Waals surface area contributed by atoms with Crippen molar-refractivity contribution >= 4 is 117 Å². The molecule has 3 heterocycles. The minimum Gasteiger partial charge on any atom is -0.508 e. The molecule has 38 heteroatoms. The van der Waals surface area contributed by atoms with Crippen LogP contribution in [0.5, 0.6) is 11.5 Å². The van der Waals surface area contributed by atoms with Crippen molar-refractivity contribution in [3.63, 3.8) is 0 Å². The van der Waals surface area contributed by atoms with Crippen molar-refractivity contribution in [3.05, 3.63) is 167 Å². The van der Waals surface area contributed by atoms with E-state index in [1.54, 1.807) is 101 Å². The zero-order chi connectivity index (χ0) is 96.6. The number of primary amides is 1. The Morgan fingerprint density at radius 1 is 0.553 bits per heavy atom. The van der Waals surface area contributed by atoms with Crippen molar-refractivity contribution in [2.24, 2.45) is 29.0 Å². The first-order chi connectivity index (χ1) is 62.9. The number of ketones is 1. The number of likely N-dealkylation sites (N-methyl/N-ethyl adjacent to an activating group) is 3. The van der Waals surface area contributed by atoms with Crippen molar-refractivity contribution in [2.45, 2.75) is 216 Å². The fourth-order valence-corrected chi connectivity index (χ4v) is 17.2. The van der Waals surface area contributed by atoms with Gasteiger partial charge in [-0.2, -0.15) is 0 Å². The van der Waals surface area contributed by atoms with Crippen molar-refractivity contribution in [1.82, 2.24) is 72.0 Å². The van der Waals surface area contributed by atoms with Gasteiger partial charge in [0, 0.05) is 82.8 Å². The lowest BCUT2D eigenvalue weighted by Gasteiger charge is -2.38. The highest BCUT2D eigenvalue weighted by atomic mass is 32.2. The second-order valence-corrected chi connectivity index (χ2v) is 35.3. The van der Waals surface area contributed by atoms with Gasteiger partial charge < -0.3 is 104 Å². The monoisotopic (exact) mass is 1850 g/mol. The van der Waals surface area contributed by atoms with Crippen LogP contribution in [0.3, 0.4) is 0 Å². The van der Waals surface area contributed by atoms with Gasteiger partial charge in [-0.1, -0.05) is 132 Å². The highest BCUT2D eigenvalue weighted by molar-refractivity contribution is 8.00. The van der Waals surface area contributed by atoms with Gasteiger partial charge >= 0.3 is 5.97 Å². The average Bonchev–Trinajstić information content (AvgIpc) is 1.40. The second-order valence-electron chi connectivity index (χ2n) is 34.3. The number of carbonyl (C=O) groups is 16. The van der Waals surface area contributed by atoms with Crippen LogP contribution in [0.1, 0.15) is 133 Å². The lowest BCUT2D eigenvalue weighted by Crippen LogP contribution is -2.62. The van der Waals surface area contributed by atoms with Crippen LogP contribution in [0, 0.1) is 17.7 Å². The van der Waals surface area contributed by atoms with Gasteiger partial charge in [-0.15, -0.1) is 11.8 Å². The number of H-pyrrole nitrogens is 1. The molecule has 0 spiro atoms. The Morgan fingerprint density at radius 2 is 1.09 bits per heavy atom. The van der Waals surface area contributed by atoms with E-state index in [1.165, 1.54) is 89.3 Å². The smallest absolute Gasteiger partial charge is 0.305 e. The number of aliphatic carboxylic acids is 1. The Labute approximate surface area is 771 Å². The van der Waals surface area contributed by atoms with Crippen LogP contribution in [0.25, 0.3) is 10.9 Å². The Morgan fingerprint density at radius 3 is 1.69 bits per heavy atom. The molecule has 0 unspecified atom stereocenters. The van der Waals surface area contributed by atoms with Crippen LogP contribution in [0.4, 0.5) is 4.39 Å². The number of carboxylic acids is 1. The molecule has 18 N–H and O–H groups in total. The fraction of sp³-hybridized carbons (Fsp3) is 0.489. The van der Waals surface area contributed by atoms with Crippen LogP contribution in [-0.4, -0.2) is 284 Å². The van der Waals surface area contributed by atoms with Gasteiger partial charge in [-0.3, -0.25) is 77.2 Å². The number of aromatic amines is 1. The summed E-state index contributed by atoms with van der Waals surface area (Å²) < 4.78 is 14.5. The maximum atomic E-state index is 15.5. The van der Waals surface area contributed by atoms with E-state index >= 15 is 28.8 Å². The molecular formula is C94H126FN17O19S. The molecule has 5 aromatic carbocycles. The van der Waals surface area contributed by atoms with E-state index in [-0.39, 0.29) is 120 Å². The number of likely N-dealkylation sites (tertiary alicyclic amines) is 2. The van der Waals surface area contributed by atoms with Gasteiger partial charge in [0.2, 0.25) is 76.8 Å². The van der Waals surface area contributed by atoms with Crippen molar-refractivity contribution < 1.29 is 96.4 Å². The van der Waals surface area contributed by atoms with E-state index in [4.69, 9.17) is 17.2 Å². The van der Waals surface area contributed by atoms with Crippen LogP contribution in [0.15, 0.2) is 134 Å². The lowest BCUT2D eigenvalue weighted by atomic mass is 9.95. The summed E-state index contributed by atoms with van der Waals surface area (Å²) in [5.74, 6) is -14.4. The predicted molar refractivity (Wildman–Crippen MR) is 491 cm³/mol. The quantitative estimate of drug-likeness (QED) is 0.0243. The Balaban J connectivity index is 1.03. The summed E-state index contributed by atoms with van der Waals surface area (Å²) in [6.07, 6.45) is 2.93. The first-order valence-corrected chi connectivity index (χ1v) is 45.7. The normalized spacial score (nSPS) is 16.2.